The van der Waals surface area contributed by atoms with Crippen molar-refractivity contribution in [3.63, 3.8) is 0 Å². The first-order valence-corrected chi connectivity index (χ1v) is 5.97. The Bertz CT molecular complexity index is 377. The quantitative estimate of drug-likeness (QED) is 0.704. The van der Waals surface area contributed by atoms with Crippen LogP contribution in [0.3, 0.4) is 0 Å². The summed E-state index contributed by atoms with van der Waals surface area (Å²) in [4.78, 5) is 11.7. The van der Waals surface area contributed by atoms with Gasteiger partial charge in [-0.2, -0.15) is 0 Å². The summed E-state index contributed by atoms with van der Waals surface area (Å²) in [5, 5.41) is 0.610. The van der Waals surface area contributed by atoms with Gasteiger partial charge in [-0.3, -0.25) is 4.79 Å². The van der Waals surface area contributed by atoms with Crippen LogP contribution in [0.5, 0.6) is 5.75 Å². The summed E-state index contributed by atoms with van der Waals surface area (Å²) in [5.74, 6) is 0.818. The van der Waals surface area contributed by atoms with Crippen LogP contribution in [-0.4, -0.2) is 26.1 Å². The molecule has 1 rings (SSSR count). The molecule has 0 heterocycles. The Morgan fingerprint density at radius 3 is 2.82 bits per heavy atom. The zero-order chi connectivity index (χ0) is 12.7. The van der Waals surface area contributed by atoms with Gasteiger partial charge in [-0.1, -0.05) is 11.6 Å². The number of halogens is 1. The fourth-order valence-corrected chi connectivity index (χ4v) is 1.71. The third-order valence-corrected chi connectivity index (χ3v) is 2.59. The van der Waals surface area contributed by atoms with Gasteiger partial charge in [0.15, 0.2) is 0 Å². The number of rotatable bonds is 7. The SMILES string of the molecule is CCOCCC(=O)Cc1cc(Cl)ccc1OC. The topological polar surface area (TPSA) is 35.5 Å². The van der Waals surface area contributed by atoms with E-state index in [4.69, 9.17) is 21.1 Å². The maximum atomic E-state index is 11.7. The van der Waals surface area contributed by atoms with Crippen molar-refractivity contribution in [1.29, 1.82) is 0 Å². The lowest BCUT2D eigenvalue weighted by atomic mass is 10.1. The highest BCUT2D eigenvalue weighted by atomic mass is 35.5. The third kappa shape index (κ3) is 4.75. The molecule has 4 heteroatoms. The maximum Gasteiger partial charge on any atom is 0.139 e. The van der Waals surface area contributed by atoms with Gasteiger partial charge in [0.1, 0.15) is 11.5 Å². The van der Waals surface area contributed by atoms with E-state index in [-0.39, 0.29) is 5.78 Å². The van der Waals surface area contributed by atoms with Crippen LogP contribution in [0.4, 0.5) is 0 Å². The van der Waals surface area contributed by atoms with Crippen LogP contribution in [0.15, 0.2) is 18.2 Å². The van der Waals surface area contributed by atoms with Crippen LogP contribution in [0.1, 0.15) is 18.9 Å². The van der Waals surface area contributed by atoms with Gasteiger partial charge in [0.05, 0.1) is 13.7 Å². The lowest BCUT2D eigenvalue weighted by Gasteiger charge is -2.08. The summed E-state index contributed by atoms with van der Waals surface area (Å²) in [5.41, 5.74) is 0.821. The number of methoxy groups -OCH3 is 1. The zero-order valence-corrected chi connectivity index (χ0v) is 10.9. The molecule has 0 bridgehead atoms. The van der Waals surface area contributed by atoms with E-state index in [2.05, 4.69) is 0 Å². The van der Waals surface area contributed by atoms with Crippen LogP contribution in [0.2, 0.25) is 5.02 Å². The molecule has 0 saturated carbocycles. The van der Waals surface area contributed by atoms with Gasteiger partial charge in [-0.15, -0.1) is 0 Å². The first-order valence-electron chi connectivity index (χ1n) is 5.59. The first-order chi connectivity index (χ1) is 8.17. The maximum absolute atomic E-state index is 11.7. The molecule has 0 saturated heterocycles. The molecule has 94 valence electrons. The number of ketones is 1. The van der Waals surface area contributed by atoms with E-state index in [0.29, 0.717) is 36.8 Å². The Hall–Kier alpha value is -1.06. The Morgan fingerprint density at radius 1 is 1.41 bits per heavy atom. The van der Waals surface area contributed by atoms with Crippen molar-refractivity contribution in [3.05, 3.63) is 28.8 Å². The van der Waals surface area contributed by atoms with Gasteiger partial charge in [0.25, 0.3) is 0 Å². The number of benzene rings is 1. The van der Waals surface area contributed by atoms with Crippen molar-refractivity contribution in [1.82, 2.24) is 0 Å². The van der Waals surface area contributed by atoms with E-state index in [1.165, 1.54) is 0 Å². The largest absolute Gasteiger partial charge is 0.496 e. The molecule has 0 unspecified atom stereocenters. The van der Waals surface area contributed by atoms with Gasteiger partial charge in [0.2, 0.25) is 0 Å². The van der Waals surface area contributed by atoms with Crippen LogP contribution >= 0.6 is 11.6 Å². The third-order valence-electron chi connectivity index (χ3n) is 2.36. The molecule has 1 aromatic carbocycles. The van der Waals surface area contributed by atoms with E-state index in [0.717, 1.165) is 5.56 Å². The predicted molar refractivity (Wildman–Crippen MR) is 67.8 cm³/mol. The molecule has 0 amide bonds. The summed E-state index contributed by atoms with van der Waals surface area (Å²) in [7, 11) is 1.58. The van der Waals surface area contributed by atoms with Gasteiger partial charge in [0, 0.05) is 30.0 Å². The lowest BCUT2D eigenvalue weighted by molar-refractivity contribution is -0.119. The second-order valence-corrected chi connectivity index (χ2v) is 4.05. The number of ether oxygens (including phenoxy) is 2. The van der Waals surface area contributed by atoms with E-state index in [1.807, 2.05) is 6.92 Å². The molecule has 0 aliphatic carbocycles. The van der Waals surface area contributed by atoms with Crippen molar-refractivity contribution in [2.75, 3.05) is 20.3 Å². The Kier molecular flexibility index (Phi) is 6.01. The molecular weight excluding hydrogens is 240 g/mol. The molecule has 0 spiro atoms. The van der Waals surface area contributed by atoms with E-state index < -0.39 is 0 Å². The molecule has 0 radical (unpaired) electrons. The molecule has 0 fully saturated rings. The zero-order valence-electron chi connectivity index (χ0n) is 10.2. The van der Waals surface area contributed by atoms with Crippen molar-refractivity contribution >= 4 is 17.4 Å². The van der Waals surface area contributed by atoms with Gasteiger partial charge >= 0.3 is 0 Å². The van der Waals surface area contributed by atoms with Gasteiger partial charge < -0.3 is 9.47 Å². The number of carbonyl (C=O) groups is 1. The molecule has 0 N–H and O–H groups in total. The van der Waals surface area contributed by atoms with Crippen molar-refractivity contribution < 1.29 is 14.3 Å². The van der Waals surface area contributed by atoms with E-state index >= 15 is 0 Å². The first kappa shape index (κ1) is 14.0. The summed E-state index contributed by atoms with van der Waals surface area (Å²) in [6.07, 6.45) is 0.750. The minimum Gasteiger partial charge on any atom is -0.496 e. The van der Waals surface area contributed by atoms with Crippen LogP contribution in [0, 0.1) is 0 Å². The number of carbonyl (C=O) groups excluding carboxylic acids is 1. The molecule has 0 aliphatic heterocycles. The second kappa shape index (κ2) is 7.30. The standard InChI is InChI=1S/C13H17ClO3/c1-3-17-7-6-12(15)9-10-8-11(14)4-5-13(10)16-2/h4-5,8H,3,6-7,9H2,1-2H3. The molecular formula is C13H17ClO3. The predicted octanol–water partition coefficient (Wildman–Crippen LogP) is 2.89. The van der Waals surface area contributed by atoms with Gasteiger partial charge in [-0.25, -0.2) is 0 Å². The molecule has 1 aromatic rings. The average Bonchev–Trinajstić information content (AvgIpc) is 2.29. The number of hydrogen-bond acceptors (Lipinski definition) is 3. The molecule has 0 atom stereocenters. The Labute approximate surface area is 107 Å². The Balaban J connectivity index is 2.60. The highest BCUT2D eigenvalue weighted by molar-refractivity contribution is 6.30. The summed E-state index contributed by atoms with van der Waals surface area (Å²) >= 11 is 5.89. The van der Waals surface area contributed by atoms with Crippen molar-refractivity contribution in [2.45, 2.75) is 19.8 Å². The monoisotopic (exact) mass is 256 g/mol. The van der Waals surface area contributed by atoms with Crippen molar-refractivity contribution in [3.8, 4) is 5.75 Å². The average molecular weight is 257 g/mol. The molecule has 0 aliphatic rings. The lowest BCUT2D eigenvalue weighted by Crippen LogP contribution is -2.08. The summed E-state index contributed by atoms with van der Waals surface area (Å²) in [6.45, 7) is 3.01. The number of hydrogen-bond donors (Lipinski definition) is 0. The molecule has 17 heavy (non-hydrogen) atoms. The summed E-state index contributed by atoms with van der Waals surface area (Å²) in [6, 6.07) is 5.28. The fraction of sp³-hybridized carbons (Fsp3) is 0.462. The Morgan fingerprint density at radius 2 is 2.18 bits per heavy atom. The van der Waals surface area contributed by atoms with Crippen molar-refractivity contribution in [2.24, 2.45) is 0 Å². The minimum absolute atomic E-state index is 0.124. The van der Waals surface area contributed by atoms with Gasteiger partial charge in [-0.05, 0) is 25.1 Å². The smallest absolute Gasteiger partial charge is 0.139 e. The minimum atomic E-state index is 0.124. The van der Waals surface area contributed by atoms with Crippen LogP contribution in [0.25, 0.3) is 0 Å². The summed E-state index contributed by atoms with van der Waals surface area (Å²) < 4.78 is 10.3. The highest BCUT2D eigenvalue weighted by Gasteiger charge is 2.09. The number of Topliss-reactive ketones (excluding diaryl/α,β-unsaturated/α-hetero) is 1. The highest BCUT2D eigenvalue weighted by Crippen LogP contribution is 2.23. The normalized spacial score (nSPS) is 10.3. The molecule has 0 aromatic heterocycles. The van der Waals surface area contributed by atoms with E-state index in [1.54, 1.807) is 25.3 Å². The van der Waals surface area contributed by atoms with Crippen LogP contribution in [-0.2, 0) is 16.0 Å². The second-order valence-electron chi connectivity index (χ2n) is 3.62. The molecule has 3 nitrogen and oxygen atoms in total. The van der Waals surface area contributed by atoms with Crippen LogP contribution < -0.4 is 4.74 Å². The van der Waals surface area contributed by atoms with E-state index in [9.17, 15) is 4.79 Å². The fourth-order valence-electron chi connectivity index (χ4n) is 1.52.